The van der Waals surface area contributed by atoms with Crippen molar-refractivity contribution in [2.45, 2.75) is 27.3 Å². The van der Waals surface area contributed by atoms with E-state index in [9.17, 15) is 4.39 Å². The van der Waals surface area contributed by atoms with E-state index in [0.29, 0.717) is 12.4 Å². The largest absolute Gasteiger partial charge is 0.311 e. The lowest BCUT2D eigenvalue weighted by Gasteiger charge is -2.07. The summed E-state index contributed by atoms with van der Waals surface area (Å²) in [5.41, 5.74) is 3.40. The van der Waals surface area contributed by atoms with Gasteiger partial charge in [0, 0.05) is 17.8 Å². The van der Waals surface area contributed by atoms with Crippen LogP contribution in [0.15, 0.2) is 24.3 Å². The highest BCUT2D eigenvalue weighted by molar-refractivity contribution is 5.56. The van der Waals surface area contributed by atoms with Gasteiger partial charge in [-0.05, 0) is 50.2 Å². The Morgan fingerprint density at radius 3 is 2.58 bits per heavy atom. The van der Waals surface area contributed by atoms with Crippen LogP contribution >= 0.6 is 0 Å². The molecule has 19 heavy (non-hydrogen) atoms. The van der Waals surface area contributed by atoms with Crippen LogP contribution in [0, 0.1) is 19.7 Å². The molecule has 2 aromatic rings. The summed E-state index contributed by atoms with van der Waals surface area (Å²) >= 11 is 0. The molecule has 1 aromatic carbocycles. The number of nitrogens with one attached hydrogen (secondary N) is 1. The third-order valence-corrected chi connectivity index (χ3v) is 2.76. The maximum absolute atomic E-state index is 13.4. The molecule has 4 heteroatoms. The molecule has 0 atom stereocenters. The molecule has 100 valence electrons. The van der Waals surface area contributed by atoms with Crippen LogP contribution in [-0.2, 0) is 6.54 Å². The summed E-state index contributed by atoms with van der Waals surface area (Å²) in [7, 11) is 0. The number of aryl methyl sites for hydroxylation is 2. The fraction of sp³-hybridized carbons (Fsp3) is 0.333. The summed E-state index contributed by atoms with van der Waals surface area (Å²) in [6, 6.07) is 6.81. The van der Waals surface area contributed by atoms with Crippen molar-refractivity contribution in [3.63, 3.8) is 0 Å². The van der Waals surface area contributed by atoms with E-state index in [0.717, 1.165) is 29.1 Å². The Kier molecular flexibility index (Phi) is 4.22. The van der Waals surface area contributed by atoms with Gasteiger partial charge in [-0.25, -0.2) is 14.4 Å². The van der Waals surface area contributed by atoms with Crippen LogP contribution in [0.4, 0.5) is 4.39 Å². The van der Waals surface area contributed by atoms with Gasteiger partial charge in [-0.1, -0.05) is 6.92 Å². The molecule has 0 amide bonds. The second-order valence-electron chi connectivity index (χ2n) is 4.62. The van der Waals surface area contributed by atoms with Crippen LogP contribution < -0.4 is 5.32 Å². The highest BCUT2D eigenvalue weighted by Gasteiger charge is 2.07. The van der Waals surface area contributed by atoms with E-state index in [-0.39, 0.29) is 5.82 Å². The number of hydrogen-bond acceptors (Lipinski definition) is 3. The predicted octanol–water partition coefficient (Wildman–Crippen LogP) is 3.01. The van der Waals surface area contributed by atoms with E-state index in [1.165, 1.54) is 12.1 Å². The molecule has 0 bridgehead atoms. The lowest BCUT2D eigenvalue weighted by atomic mass is 10.1. The fourth-order valence-electron chi connectivity index (χ4n) is 1.97. The highest BCUT2D eigenvalue weighted by Crippen LogP contribution is 2.19. The van der Waals surface area contributed by atoms with E-state index >= 15 is 0 Å². The molecule has 1 N–H and O–H groups in total. The maximum atomic E-state index is 13.4. The quantitative estimate of drug-likeness (QED) is 0.917. The SMILES string of the molecule is CCNCc1cc(C)nc(-c2cc(C)cc(F)c2)n1. The lowest BCUT2D eigenvalue weighted by Crippen LogP contribution is -2.13. The first kappa shape index (κ1) is 13.6. The lowest BCUT2D eigenvalue weighted by molar-refractivity contribution is 0.627. The zero-order valence-corrected chi connectivity index (χ0v) is 11.5. The van der Waals surface area contributed by atoms with Crippen LogP contribution in [0.3, 0.4) is 0 Å². The first-order valence-corrected chi connectivity index (χ1v) is 6.41. The van der Waals surface area contributed by atoms with Crippen LogP contribution in [0.1, 0.15) is 23.9 Å². The molecule has 2 rings (SSSR count). The van der Waals surface area contributed by atoms with E-state index in [2.05, 4.69) is 15.3 Å². The van der Waals surface area contributed by atoms with Crippen LogP contribution in [0.2, 0.25) is 0 Å². The molecule has 0 radical (unpaired) electrons. The zero-order valence-electron chi connectivity index (χ0n) is 11.5. The van der Waals surface area contributed by atoms with Gasteiger partial charge in [-0.15, -0.1) is 0 Å². The molecule has 0 aliphatic rings. The topological polar surface area (TPSA) is 37.8 Å². The fourth-order valence-corrected chi connectivity index (χ4v) is 1.97. The van der Waals surface area contributed by atoms with Crippen LogP contribution in [0.5, 0.6) is 0 Å². The average molecular weight is 259 g/mol. The Morgan fingerprint density at radius 1 is 1.11 bits per heavy atom. The van der Waals surface area contributed by atoms with Gasteiger partial charge >= 0.3 is 0 Å². The highest BCUT2D eigenvalue weighted by atomic mass is 19.1. The monoisotopic (exact) mass is 259 g/mol. The Morgan fingerprint density at radius 2 is 1.89 bits per heavy atom. The summed E-state index contributed by atoms with van der Waals surface area (Å²) in [6.07, 6.45) is 0. The predicted molar refractivity (Wildman–Crippen MR) is 74.3 cm³/mol. The van der Waals surface area contributed by atoms with Gasteiger partial charge in [0.25, 0.3) is 0 Å². The van der Waals surface area contributed by atoms with Gasteiger partial charge in [0.05, 0.1) is 5.69 Å². The van der Waals surface area contributed by atoms with Crippen molar-refractivity contribution in [3.8, 4) is 11.4 Å². The molecule has 0 spiro atoms. The molecule has 0 fully saturated rings. The molecular formula is C15H18FN3. The van der Waals surface area contributed by atoms with E-state index in [1.807, 2.05) is 32.9 Å². The molecule has 0 saturated heterocycles. The van der Waals surface area contributed by atoms with Gasteiger partial charge < -0.3 is 5.32 Å². The Hall–Kier alpha value is -1.81. The van der Waals surface area contributed by atoms with Crippen molar-refractivity contribution in [3.05, 3.63) is 47.0 Å². The average Bonchev–Trinajstić information content (AvgIpc) is 2.34. The van der Waals surface area contributed by atoms with Gasteiger partial charge in [0.15, 0.2) is 5.82 Å². The molecular weight excluding hydrogens is 241 g/mol. The Balaban J connectivity index is 2.40. The van der Waals surface area contributed by atoms with Gasteiger partial charge in [0.1, 0.15) is 5.82 Å². The zero-order chi connectivity index (χ0) is 13.8. The summed E-state index contributed by atoms with van der Waals surface area (Å²) < 4.78 is 13.4. The second-order valence-corrected chi connectivity index (χ2v) is 4.62. The number of halogens is 1. The van der Waals surface area contributed by atoms with E-state index < -0.39 is 0 Å². The Labute approximate surface area is 112 Å². The summed E-state index contributed by atoms with van der Waals surface area (Å²) in [6.45, 7) is 7.41. The maximum Gasteiger partial charge on any atom is 0.159 e. The third-order valence-electron chi connectivity index (χ3n) is 2.76. The number of hydrogen-bond donors (Lipinski definition) is 1. The minimum absolute atomic E-state index is 0.256. The smallest absolute Gasteiger partial charge is 0.159 e. The van der Waals surface area contributed by atoms with Crippen molar-refractivity contribution in [1.29, 1.82) is 0 Å². The standard InChI is InChI=1S/C15H18FN3/c1-4-17-9-14-7-11(3)18-15(19-14)12-5-10(2)6-13(16)8-12/h5-8,17H,4,9H2,1-3H3. The van der Waals surface area contributed by atoms with Gasteiger partial charge in [-0.3, -0.25) is 0 Å². The minimum Gasteiger partial charge on any atom is -0.311 e. The first-order chi connectivity index (χ1) is 9.08. The molecule has 1 heterocycles. The second kappa shape index (κ2) is 5.89. The van der Waals surface area contributed by atoms with Crippen LogP contribution in [0.25, 0.3) is 11.4 Å². The van der Waals surface area contributed by atoms with Crippen molar-refractivity contribution in [2.75, 3.05) is 6.54 Å². The number of benzene rings is 1. The number of rotatable bonds is 4. The minimum atomic E-state index is -0.256. The van der Waals surface area contributed by atoms with Gasteiger partial charge in [-0.2, -0.15) is 0 Å². The number of aromatic nitrogens is 2. The summed E-state index contributed by atoms with van der Waals surface area (Å²) in [5.74, 6) is 0.323. The van der Waals surface area contributed by atoms with Crippen LogP contribution in [-0.4, -0.2) is 16.5 Å². The summed E-state index contributed by atoms with van der Waals surface area (Å²) in [5, 5.41) is 3.23. The summed E-state index contributed by atoms with van der Waals surface area (Å²) in [4.78, 5) is 8.87. The third kappa shape index (κ3) is 3.58. The number of nitrogens with zero attached hydrogens (tertiary/aromatic N) is 2. The van der Waals surface area contributed by atoms with E-state index in [1.54, 1.807) is 0 Å². The molecule has 1 aromatic heterocycles. The van der Waals surface area contributed by atoms with Crippen molar-refractivity contribution in [1.82, 2.24) is 15.3 Å². The first-order valence-electron chi connectivity index (χ1n) is 6.41. The van der Waals surface area contributed by atoms with Crippen molar-refractivity contribution >= 4 is 0 Å². The Bertz CT molecular complexity index is 561. The van der Waals surface area contributed by atoms with Crippen molar-refractivity contribution in [2.24, 2.45) is 0 Å². The van der Waals surface area contributed by atoms with Crippen molar-refractivity contribution < 1.29 is 4.39 Å². The molecule has 0 unspecified atom stereocenters. The van der Waals surface area contributed by atoms with Gasteiger partial charge in [0.2, 0.25) is 0 Å². The molecule has 0 aliphatic carbocycles. The van der Waals surface area contributed by atoms with E-state index in [4.69, 9.17) is 0 Å². The normalized spacial score (nSPS) is 10.7. The molecule has 3 nitrogen and oxygen atoms in total. The molecule has 0 aliphatic heterocycles. The molecule has 0 saturated carbocycles.